The van der Waals surface area contributed by atoms with Crippen LogP contribution in [0.25, 0.3) is 5.69 Å². The number of nitrogens with zero attached hydrogens (tertiary/aromatic N) is 2. The van der Waals surface area contributed by atoms with E-state index in [0.717, 1.165) is 30.5 Å². The van der Waals surface area contributed by atoms with Gasteiger partial charge in [0.1, 0.15) is 5.82 Å². The highest BCUT2D eigenvalue weighted by Gasteiger charge is 2.40. The first-order valence-corrected chi connectivity index (χ1v) is 6.43. The van der Waals surface area contributed by atoms with Gasteiger partial charge in [0.2, 0.25) is 5.91 Å². The zero-order valence-corrected chi connectivity index (χ0v) is 11.6. The van der Waals surface area contributed by atoms with Gasteiger partial charge < -0.3 is 5.73 Å². The number of benzene rings is 1. The van der Waals surface area contributed by atoms with Crippen LogP contribution in [-0.4, -0.2) is 21.5 Å². The molecule has 5 nitrogen and oxygen atoms in total. The van der Waals surface area contributed by atoms with Crippen molar-refractivity contribution in [3.05, 3.63) is 47.5 Å². The fourth-order valence-electron chi connectivity index (χ4n) is 1.97. The van der Waals surface area contributed by atoms with E-state index in [1.165, 1.54) is 0 Å². The van der Waals surface area contributed by atoms with E-state index in [2.05, 4.69) is 5.10 Å². The lowest BCUT2D eigenvalue weighted by Crippen LogP contribution is -2.18. The summed E-state index contributed by atoms with van der Waals surface area (Å²) in [6, 6.07) is 4.17. The second-order valence-electron chi connectivity index (χ2n) is 4.68. The summed E-state index contributed by atoms with van der Waals surface area (Å²) in [6.07, 6.45) is -4.90. The first kappa shape index (κ1) is 16.7. The number of primary amides is 1. The molecule has 0 radical (unpaired) electrons. The Morgan fingerprint density at radius 3 is 2.26 bits per heavy atom. The molecule has 0 saturated heterocycles. The maximum atomic E-state index is 13.3. The number of rotatable bonds is 5. The Morgan fingerprint density at radius 2 is 1.74 bits per heavy atom. The van der Waals surface area contributed by atoms with Crippen LogP contribution in [0.5, 0.6) is 0 Å². The molecule has 122 valence electrons. The molecule has 0 bridgehead atoms. The topological polar surface area (TPSA) is 78.0 Å². The molecule has 0 atom stereocenters. The largest absolute Gasteiger partial charge is 0.434 e. The number of aromatic nitrogens is 2. The zero-order valence-electron chi connectivity index (χ0n) is 11.6. The van der Waals surface area contributed by atoms with E-state index in [1.54, 1.807) is 0 Å². The minimum absolute atomic E-state index is 0.0484. The van der Waals surface area contributed by atoms with Gasteiger partial charge in [0, 0.05) is 12.8 Å². The van der Waals surface area contributed by atoms with Crippen LogP contribution >= 0.6 is 0 Å². The van der Waals surface area contributed by atoms with Crippen molar-refractivity contribution in [2.75, 3.05) is 0 Å². The van der Waals surface area contributed by atoms with E-state index in [0.29, 0.717) is 4.68 Å². The van der Waals surface area contributed by atoms with Gasteiger partial charge >= 0.3 is 6.18 Å². The third-order valence-corrected chi connectivity index (χ3v) is 3.01. The Bertz CT molecular complexity index is 735. The summed E-state index contributed by atoms with van der Waals surface area (Å²) in [7, 11) is 0. The number of ketones is 1. The second-order valence-corrected chi connectivity index (χ2v) is 4.68. The maximum Gasteiger partial charge on any atom is 0.434 e. The average Bonchev–Trinajstić information content (AvgIpc) is 2.90. The average molecular weight is 329 g/mol. The Balaban J connectivity index is 2.47. The number of Topliss-reactive ketones (excluding diaryl/α,β-unsaturated/α-hetero) is 1. The molecule has 23 heavy (non-hydrogen) atoms. The lowest BCUT2D eigenvalue weighted by atomic mass is 10.1. The molecule has 0 spiro atoms. The molecule has 0 saturated carbocycles. The lowest BCUT2D eigenvalue weighted by molar-refractivity contribution is -0.143. The molecule has 2 aromatic rings. The number of alkyl halides is 3. The molecule has 1 aromatic heterocycles. The molecule has 1 aromatic carbocycles. The van der Waals surface area contributed by atoms with Gasteiger partial charge in [-0.2, -0.15) is 18.3 Å². The van der Waals surface area contributed by atoms with Gasteiger partial charge in [-0.3, -0.25) is 9.59 Å². The summed E-state index contributed by atoms with van der Waals surface area (Å²) in [4.78, 5) is 22.6. The van der Waals surface area contributed by atoms with E-state index < -0.39 is 41.4 Å². The Kier molecular flexibility index (Phi) is 4.48. The van der Waals surface area contributed by atoms with E-state index >= 15 is 0 Å². The van der Waals surface area contributed by atoms with Crippen molar-refractivity contribution in [1.82, 2.24) is 9.78 Å². The van der Waals surface area contributed by atoms with Crippen LogP contribution in [0.1, 0.15) is 28.9 Å². The first-order valence-electron chi connectivity index (χ1n) is 6.43. The summed E-state index contributed by atoms with van der Waals surface area (Å²) >= 11 is 0. The molecule has 1 heterocycles. The summed E-state index contributed by atoms with van der Waals surface area (Å²) < 4.78 is 53.3. The molecule has 2 N–H and O–H groups in total. The summed E-state index contributed by atoms with van der Waals surface area (Å²) in [6.45, 7) is 0. The molecule has 1 amide bonds. The molecule has 0 aliphatic carbocycles. The van der Waals surface area contributed by atoms with Crippen LogP contribution in [-0.2, 0) is 11.0 Å². The van der Waals surface area contributed by atoms with Gasteiger partial charge in [0.25, 0.3) is 0 Å². The van der Waals surface area contributed by atoms with Gasteiger partial charge in [0.15, 0.2) is 11.5 Å². The molecule has 2 rings (SSSR count). The number of amides is 1. The standard InChI is InChI=1S/C14H11F4N3O2/c15-8-1-3-9(4-2-8)21-13(14(16,17)18)10(7-20-21)11(22)5-6-12(19)23/h1-4,7H,5-6H2,(H2,19,23). The van der Waals surface area contributed by atoms with Crippen molar-refractivity contribution in [2.45, 2.75) is 19.0 Å². The summed E-state index contributed by atoms with van der Waals surface area (Å²) in [5, 5.41) is 3.57. The van der Waals surface area contributed by atoms with Crippen molar-refractivity contribution in [1.29, 1.82) is 0 Å². The van der Waals surface area contributed by atoms with E-state index in [4.69, 9.17) is 5.73 Å². The number of hydrogen-bond acceptors (Lipinski definition) is 3. The van der Waals surface area contributed by atoms with Gasteiger partial charge in [-0.05, 0) is 24.3 Å². The predicted molar refractivity (Wildman–Crippen MR) is 71.3 cm³/mol. The highest BCUT2D eigenvalue weighted by atomic mass is 19.4. The molecular formula is C14H11F4N3O2. The summed E-state index contributed by atoms with van der Waals surface area (Å²) in [5.74, 6) is -2.31. The normalized spacial score (nSPS) is 11.5. The number of carbonyl (C=O) groups is 2. The van der Waals surface area contributed by atoms with Crippen molar-refractivity contribution >= 4 is 11.7 Å². The SMILES string of the molecule is NC(=O)CCC(=O)c1cnn(-c2ccc(F)cc2)c1C(F)(F)F. The number of carbonyl (C=O) groups excluding carboxylic acids is 2. The maximum absolute atomic E-state index is 13.3. The van der Waals surface area contributed by atoms with Crippen molar-refractivity contribution < 1.29 is 27.2 Å². The number of nitrogens with two attached hydrogens (primary N) is 1. The molecule has 0 fully saturated rings. The fraction of sp³-hybridized carbons (Fsp3) is 0.214. The molecule has 0 unspecified atom stereocenters. The molecule has 9 heteroatoms. The van der Waals surface area contributed by atoms with E-state index in [9.17, 15) is 27.2 Å². The van der Waals surface area contributed by atoms with Gasteiger partial charge in [-0.25, -0.2) is 9.07 Å². The number of halogens is 4. The minimum atomic E-state index is -4.86. The zero-order chi connectivity index (χ0) is 17.2. The van der Waals surface area contributed by atoms with Crippen molar-refractivity contribution in [3.63, 3.8) is 0 Å². The Hall–Kier alpha value is -2.71. The van der Waals surface area contributed by atoms with Crippen LogP contribution < -0.4 is 5.73 Å². The van der Waals surface area contributed by atoms with Crippen molar-refractivity contribution in [2.24, 2.45) is 5.73 Å². The van der Waals surface area contributed by atoms with Crippen LogP contribution in [0.3, 0.4) is 0 Å². The Morgan fingerprint density at radius 1 is 1.13 bits per heavy atom. The molecule has 0 aliphatic rings. The van der Waals surface area contributed by atoms with Crippen LogP contribution in [0.2, 0.25) is 0 Å². The van der Waals surface area contributed by atoms with E-state index in [-0.39, 0.29) is 12.1 Å². The fourth-order valence-corrected chi connectivity index (χ4v) is 1.97. The Labute approximate surface area is 127 Å². The smallest absolute Gasteiger partial charge is 0.370 e. The van der Waals surface area contributed by atoms with Gasteiger partial charge in [-0.1, -0.05) is 0 Å². The monoisotopic (exact) mass is 329 g/mol. The summed E-state index contributed by atoms with van der Waals surface area (Å²) in [5.41, 5.74) is 2.89. The second kappa shape index (κ2) is 6.19. The highest BCUT2D eigenvalue weighted by Crippen LogP contribution is 2.34. The first-order chi connectivity index (χ1) is 10.7. The van der Waals surface area contributed by atoms with Crippen molar-refractivity contribution in [3.8, 4) is 5.69 Å². The van der Waals surface area contributed by atoms with E-state index in [1.807, 2.05) is 0 Å². The van der Waals surface area contributed by atoms with Gasteiger partial charge in [-0.15, -0.1) is 0 Å². The predicted octanol–water partition coefficient (Wildman–Crippen LogP) is 2.48. The van der Waals surface area contributed by atoms with Crippen LogP contribution in [0, 0.1) is 5.82 Å². The highest BCUT2D eigenvalue weighted by molar-refractivity contribution is 5.98. The quantitative estimate of drug-likeness (QED) is 0.676. The van der Waals surface area contributed by atoms with Crippen LogP contribution in [0.4, 0.5) is 17.6 Å². The lowest BCUT2D eigenvalue weighted by Gasteiger charge is -2.12. The molecule has 0 aliphatic heterocycles. The van der Waals surface area contributed by atoms with Crippen LogP contribution in [0.15, 0.2) is 30.5 Å². The van der Waals surface area contributed by atoms with Gasteiger partial charge in [0.05, 0.1) is 17.4 Å². The molecular weight excluding hydrogens is 318 g/mol. The minimum Gasteiger partial charge on any atom is -0.370 e. The number of hydrogen-bond donors (Lipinski definition) is 1. The third kappa shape index (κ3) is 3.74. The third-order valence-electron chi connectivity index (χ3n) is 3.01.